The van der Waals surface area contributed by atoms with Gasteiger partial charge >= 0.3 is 5.97 Å². The predicted octanol–water partition coefficient (Wildman–Crippen LogP) is 4.08. The number of amides is 1. The van der Waals surface area contributed by atoms with Gasteiger partial charge in [-0.3, -0.25) is 4.79 Å². The van der Waals surface area contributed by atoms with Gasteiger partial charge in [0.25, 0.3) is 5.91 Å². The first-order valence-corrected chi connectivity index (χ1v) is 10.7. The number of carbonyl (C=O) groups excluding carboxylic acids is 2. The topological polar surface area (TPSA) is 55.8 Å². The van der Waals surface area contributed by atoms with Gasteiger partial charge in [0, 0.05) is 18.0 Å². The van der Waals surface area contributed by atoms with E-state index in [1.165, 1.54) is 22.5 Å². The van der Waals surface area contributed by atoms with E-state index in [2.05, 4.69) is 12.1 Å². The van der Waals surface area contributed by atoms with Crippen LogP contribution in [0.5, 0.6) is 5.75 Å². The molecule has 28 heavy (non-hydrogen) atoms. The second-order valence-electron chi connectivity index (χ2n) is 7.42. The number of hydrogen-bond acceptors (Lipinski definition) is 5. The van der Waals surface area contributed by atoms with Gasteiger partial charge in [0.05, 0.1) is 7.11 Å². The van der Waals surface area contributed by atoms with E-state index in [0.29, 0.717) is 4.88 Å². The summed E-state index contributed by atoms with van der Waals surface area (Å²) in [7, 11) is 1.67. The zero-order chi connectivity index (χ0) is 19.7. The number of likely N-dealkylation sites (tertiary alicyclic amines) is 1. The summed E-state index contributed by atoms with van der Waals surface area (Å²) in [5.74, 6) is 0.350. The molecule has 6 heteroatoms. The van der Waals surface area contributed by atoms with E-state index in [1.54, 1.807) is 14.0 Å². The molecule has 148 valence electrons. The first kappa shape index (κ1) is 19.0. The molecule has 0 bridgehead atoms. The van der Waals surface area contributed by atoms with Crippen molar-refractivity contribution in [1.29, 1.82) is 0 Å². The molecule has 4 rings (SSSR count). The molecule has 1 amide bonds. The highest BCUT2D eigenvalue weighted by atomic mass is 32.1. The molecule has 2 heterocycles. The van der Waals surface area contributed by atoms with Gasteiger partial charge in [-0.25, -0.2) is 4.79 Å². The molecule has 1 aromatic carbocycles. The second kappa shape index (κ2) is 7.95. The molecule has 0 N–H and O–H groups in total. The molecule has 0 saturated carbocycles. The number of thiophene rings is 1. The molecule has 2 aromatic rings. The Kier molecular flexibility index (Phi) is 5.40. The van der Waals surface area contributed by atoms with E-state index in [4.69, 9.17) is 9.47 Å². The highest BCUT2D eigenvalue weighted by molar-refractivity contribution is 7.17. The number of aryl methyl sites for hydroxylation is 2. The number of carbonyl (C=O) groups is 2. The number of benzene rings is 1. The van der Waals surface area contributed by atoms with Gasteiger partial charge in [-0.15, -0.1) is 11.3 Å². The van der Waals surface area contributed by atoms with Gasteiger partial charge in [0.15, 0.2) is 6.10 Å². The largest absolute Gasteiger partial charge is 0.497 e. The van der Waals surface area contributed by atoms with Gasteiger partial charge in [-0.05, 0) is 80.0 Å². The van der Waals surface area contributed by atoms with Crippen LogP contribution in [0.4, 0.5) is 0 Å². The first-order chi connectivity index (χ1) is 13.6. The maximum Gasteiger partial charge on any atom is 0.349 e. The summed E-state index contributed by atoms with van der Waals surface area (Å²) in [6.07, 6.45) is 4.27. The Morgan fingerprint density at radius 1 is 1.07 bits per heavy atom. The fraction of sp³-hybridized carbons (Fsp3) is 0.455. The molecule has 1 aliphatic heterocycles. The van der Waals surface area contributed by atoms with Crippen molar-refractivity contribution in [3.63, 3.8) is 0 Å². The highest BCUT2D eigenvalue weighted by Crippen LogP contribution is 2.41. The molecule has 1 atom stereocenters. The summed E-state index contributed by atoms with van der Waals surface area (Å²) < 4.78 is 10.8. The monoisotopic (exact) mass is 399 g/mol. The van der Waals surface area contributed by atoms with Crippen LogP contribution in [0.15, 0.2) is 24.3 Å². The van der Waals surface area contributed by atoms with Gasteiger partial charge in [-0.2, -0.15) is 0 Å². The number of hydrogen-bond donors (Lipinski definition) is 0. The highest BCUT2D eigenvalue weighted by Gasteiger charge is 2.27. The Labute approximate surface area is 169 Å². The molecular formula is C22H25NO4S. The lowest BCUT2D eigenvalue weighted by atomic mass is 9.91. The molecule has 0 radical (unpaired) electrons. The Bertz CT molecular complexity index is 898. The van der Waals surface area contributed by atoms with Crippen LogP contribution in [0.2, 0.25) is 0 Å². The Morgan fingerprint density at radius 2 is 1.82 bits per heavy atom. The first-order valence-electron chi connectivity index (χ1n) is 9.86. The maximum atomic E-state index is 12.7. The standard InChI is InChI=1S/C22H25NO4S/c1-14(21(24)23-10-4-3-5-11-23)27-22(25)19-13-16-7-6-15-12-17(26-2)8-9-18(15)20(16)28-19/h8-9,12-14H,3-7,10-11H2,1-2H3/t14-/m0/s1. The van der Waals surface area contributed by atoms with Crippen LogP contribution < -0.4 is 4.74 Å². The van der Waals surface area contributed by atoms with E-state index in [1.807, 2.05) is 17.0 Å². The van der Waals surface area contributed by atoms with Crippen molar-refractivity contribution < 1.29 is 19.1 Å². The minimum Gasteiger partial charge on any atom is -0.497 e. The van der Waals surface area contributed by atoms with Crippen molar-refractivity contribution in [1.82, 2.24) is 4.90 Å². The fourth-order valence-electron chi connectivity index (χ4n) is 3.98. The van der Waals surface area contributed by atoms with E-state index < -0.39 is 12.1 Å². The average Bonchev–Trinajstić information content (AvgIpc) is 3.18. The van der Waals surface area contributed by atoms with Crippen molar-refractivity contribution >= 4 is 23.2 Å². The summed E-state index contributed by atoms with van der Waals surface area (Å²) in [6, 6.07) is 7.99. The Balaban J connectivity index is 1.49. The van der Waals surface area contributed by atoms with E-state index >= 15 is 0 Å². The van der Waals surface area contributed by atoms with E-state index in [-0.39, 0.29) is 5.91 Å². The minimum atomic E-state index is -0.749. The third kappa shape index (κ3) is 3.65. The van der Waals surface area contributed by atoms with Crippen LogP contribution in [-0.2, 0) is 22.4 Å². The third-order valence-electron chi connectivity index (χ3n) is 5.53. The van der Waals surface area contributed by atoms with Gasteiger partial charge in [0.2, 0.25) is 0 Å². The molecule has 0 spiro atoms. The number of esters is 1. The molecule has 2 aliphatic rings. The average molecular weight is 400 g/mol. The lowest BCUT2D eigenvalue weighted by Crippen LogP contribution is -2.42. The summed E-state index contributed by atoms with van der Waals surface area (Å²) >= 11 is 1.45. The van der Waals surface area contributed by atoms with Crippen molar-refractivity contribution in [2.75, 3.05) is 20.2 Å². The quantitative estimate of drug-likeness (QED) is 0.727. The van der Waals surface area contributed by atoms with Crippen LogP contribution in [0.1, 0.15) is 47.0 Å². The van der Waals surface area contributed by atoms with Crippen LogP contribution in [-0.4, -0.2) is 43.1 Å². The lowest BCUT2D eigenvalue weighted by Gasteiger charge is -2.28. The van der Waals surface area contributed by atoms with Crippen LogP contribution in [0.25, 0.3) is 10.4 Å². The normalized spacial score (nSPS) is 16.7. The summed E-state index contributed by atoms with van der Waals surface area (Å²) in [6.45, 7) is 3.19. The number of ether oxygens (including phenoxy) is 2. The van der Waals surface area contributed by atoms with Crippen molar-refractivity contribution in [3.05, 3.63) is 40.3 Å². The van der Waals surface area contributed by atoms with E-state index in [0.717, 1.165) is 61.4 Å². The van der Waals surface area contributed by atoms with Crippen molar-refractivity contribution in [3.8, 4) is 16.2 Å². The van der Waals surface area contributed by atoms with Crippen molar-refractivity contribution in [2.24, 2.45) is 0 Å². The second-order valence-corrected chi connectivity index (χ2v) is 8.47. The molecule has 1 fully saturated rings. The van der Waals surface area contributed by atoms with Crippen molar-refractivity contribution in [2.45, 2.75) is 45.1 Å². The zero-order valence-electron chi connectivity index (χ0n) is 16.3. The predicted molar refractivity (Wildman–Crippen MR) is 109 cm³/mol. The number of rotatable bonds is 4. The molecule has 5 nitrogen and oxygen atoms in total. The molecule has 1 aromatic heterocycles. The maximum absolute atomic E-state index is 12.7. The zero-order valence-corrected chi connectivity index (χ0v) is 17.1. The van der Waals surface area contributed by atoms with Crippen LogP contribution in [0.3, 0.4) is 0 Å². The molecular weight excluding hydrogens is 374 g/mol. The number of fused-ring (bicyclic) bond motifs is 3. The van der Waals surface area contributed by atoms with Gasteiger partial charge < -0.3 is 14.4 Å². The lowest BCUT2D eigenvalue weighted by molar-refractivity contribution is -0.140. The number of methoxy groups -OCH3 is 1. The Hall–Kier alpha value is -2.34. The van der Waals surface area contributed by atoms with E-state index in [9.17, 15) is 9.59 Å². The minimum absolute atomic E-state index is 0.0909. The molecule has 0 unspecified atom stereocenters. The third-order valence-corrected chi connectivity index (χ3v) is 6.72. The summed E-state index contributed by atoms with van der Waals surface area (Å²) in [4.78, 5) is 28.7. The van der Waals surface area contributed by atoms with Gasteiger partial charge in [0.1, 0.15) is 10.6 Å². The SMILES string of the molecule is COc1ccc2c(c1)CCc1cc(C(=O)O[C@@H](C)C(=O)N3CCCCC3)sc1-2. The van der Waals surface area contributed by atoms with Crippen LogP contribution in [0, 0.1) is 0 Å². The number of piperidine rings is 1. The Morgan fingerprint density at radius 3 is 2.57 bits per heavy atom. The van der Waals surface area contributed by atoms with Gasteiger partial charge in [-0.1, -0.05) is 0 Å². The smallest absolute Gasteiger partial charge is 0.349 e. The number of nitrogens with zero attached hydrogens (tertiary/aromatic N) is 1. The van der Waals surface area contributed by atoms with Crippen LogP contribution >= 0.6 is 11.3 Å². The molecule has 1 aliphatic carbocycles. The summed E-state index contributed by atoms with van der Waals surface area (Å²) in [5.41, 5.74) is 3.57. The summed E-state index contributed by atoms with van der Waals surface area (Å²) in [5, 5.41) is 0. The molecule has 1 saturated heterocycles. The fourth-order valence-corrected chi connectivity index (χ4v) is 5.13.